The van der Waals surface area contributed by atoms with Gasteiger partial charge in [-0.05, 0) is 42.3 Å². The molecular formula is C26H25NO6. The molecule has 0 radical (unpaired) electrons. The van der Waals surface area contributed by atoms with Crippen molar-refractivity contribution >= 4 is 22.8 Å². The van der Waals surface area contributed by atoms with Gasteiger partial charge in [-0.3, -0.25) is 4.79 Å². The number of hydrogen-bond donors (Lipinski definition) is 0. The van der Waals surface area contributed by atoms with E-state index in [1.807, 2.05) is 13.0 Å². The Labute approximate surface area is 191 Å². The lowest BCUT2D eigenvalue weighted by Gasteiger charge is -2.18. The van der Waals surface area contributed by atoms with Gasteiger partial charge in [0.2, 0.25) is 0 Å². The molecule has 0 fully saturated rings. The standard InChI is InChI=1S/C26H25NO6/c1-4-12-27(13-5-2)24(28)17-32-26(30)20-8-6-19(7-9-20)16-31-21-10-11-22-18(3)14-25(29)33-23(22)15-21/h4-11,14-15H,1-2,12-13,16-17H2,3H3. The van der Waals surface area contributed by atoms with E-state index >= 15 is 0 Å². The van der Waals surface area contributed by atoms with Crippen molar-refractivity contribution in [3.8, 4) is 5.75 Å². The molecule has 0 spiro atoms. The summed E-state index contributed by atoms with van der Waals surface area (Å²) in [5, 5.41) is 0.848. The number of carbonyl (C=O) groups is 2. The molecule has 0 aliphatic carbocycles. The minimum absolute atomic E-state index is 0.257. The number of esters is 1. The fourth-order valence-corrected chi connectivity index (χ4v) is 3.19. The highest BCUT2D eigenvalue weighted by Crippen LogP contribution is 2.23. The number of aryl methyl sites for hydroxylation is 1. The highest BCUT2D eigenvalue weighted by molar-refractivity contribution is 5.91. The van der Waals surface area contributed by atoms with E-state index in [0.29, 0.717) is 30.0 Å². The Hall–Kier alpha value is -4.13. The Balaban J connectivity index is 1.56. The van der Waals surface area contributed by atoms with Crippen LogP contribution in [0.4, 0.5) is 0 Å². The molecule has 3 aromatic rings. The number of amides is 1. The maximum Gasteiger partial charge on any atom is 0.338 e. The summed E-state index contributed by atoms with van der Waals surface area (Å²) in [7, 11) is 0. The van der Waals surface area contributed by atoms with Crippen LogP contribution in [0.3, 0.4) is 0 Å². The fraction of sp³-hybridized carbons (Fsp3) is 0.192. The summed E-state index contributed by atoms with van der Waals surface area (Å²) in [6, 6.07) is 13.5. The normalized spacial score (nSPS) is 10.5. The zero-order valence-corrected chi connectivity index (χ0v) is 18.4. The lowest BCUT2D eigenvalue weighted by atomic mass is 10.1. The van der Waals surface area contributed by atoms with Crippen LogP contribution in [0.15, 0.2) is 83.1 Å². The molecule has 0 unspecified atom stereocenters. The molecule has 33 heavy (non-hydrogen) atoms. The van der Waals surface area contributed by atoms with Gasteiger partial charge in [0.15, 0.2) is 6.61 Å². The second-order valence-corrected chi connectivity index (χ2v) is 7.34. The van der Waals surface area contributed by atoms with E-state index in [1.54, 1.807) is 48.6 Å². The number of carbonyl (C=O) groups excluding carboxylic acids is 2. The number of rotatable bonds is 10. The largest absolute Gasteiger partial charge is 0.489 e. The van der Waals surface area contributed by atoms with Crippen LogP contribution in [0.25, 0.3) is 11.0 Å². The second kappa shape index (κ2) is 10.9. The molecule has 0 atom stereocenters. The smallest absolute Gasteiger partial charge is 0.338 e. The van der Waals surface area contributed by atoms with Crippen molar-refractivity contribution in [2.24, 2.45) is 0 Å². The molecule has 0 bridgehead atoms. The molecule has 0 aliphatic rings. The summed E-state index contributed by atoms with van der Waals surface area (Å²) in [6.45, 7) is 9.66. The van der Waals surface area contributed by atoms with Gasteiger partial charge < -0.3 is 18.8 Å². The molecule has 3 rings (SSSR count). The van der Waals surface area contributed by atoms with Crippen LogP contribution >= 0.6 is 0 Å². The third-order valence-electron chi connectivity index (χ3n) is 4.90. The van der Waals surface area contributed by atoms with Gasteiger partial charge in [-0.1, -0.05) is 24.3 Å². The van der Waals surface area contributed by atoms with E-state index < -0.39 is 11.6 Å². The van der Waals surface area contributed by atoms with E-state index in [-0.39, 0.29) is 19.1 Å². The van der Waals surface area contributed by atoms with E-state index in [1.165, 1.54) is 11.0 Å². The van der Waals surface area contributed by atoms with Crippen molar-refractivity contribution < 1.29 is 23.5 Å². The highest BCUT2D eigenvalue weighted by atomic mass is 16.5. The third kappa shape index (κ3) is 6.20. The van der Waals surface area contributed by atoms with E-state index in [4.69, 9.17) is 13.9 Å². The number of fused-ring (bicyclic) bond motifs is 1. The Morgan fingerprint density at radius 2 is 1.73 bits per heavy atom. The summed E-state index contributed by atoms with van der Waals surface area (Å²) in [4.78, 5) is 37.5. The van der Waals surface area contributed by atoms with Gasteiger partial charge in [0, 0.05) is 30.6 Å². The van der Waals surface area contributed by atoms with Gasteiger partial charge in [0.25, 0.3) is 5.91 Å². The van der Waals surface area contributed by atoms with E-state index in [9.17, 15) is 14.4 Å². The summed E-state index contributed by atoms with van der Waals surface area (Å²) < 4.78 is 16.1. The first-order valence-electron chi connectivity index (χ1n) is 10.3. The predicted molar refractivity (Wildman–Crippen MR) is 125 cm³/mol. The lowest BCUT2D eigenvalue weighted by molar-refractivity contribution is -0.133. The fourth-order valence-electron chi connectivity index (χ4n) is 3.19. The number of hydrogen-bond acceptors (Lipinski definition) is 6. The molecular weight excluding hydrogens is 422 g/mol. The molecule has 0 saturated heterocycles. The van der Waals surface area contributed by atoms with Crippen LogP contribution in [0.2, 0.25) is 0 Å². The van der Waals surface area contributed by atoms with E-state index in [0.717, 1.165) is 16.5 Å². The van der Waals surface area contributed by atoms with Gasteiger partial charge in [-0.2, -0.15) is 0 Å². The quantitative estimate of drug-likeness (QED) is 0.265. The van der Waals surface area contributed by atoms with Crippen LogP contribution in [0.5, 0.6) is 5.75 Å². The Bertz CT molecular complexity index is 1220. The summed E-state index contributed by atoms with van der Waals surface area (Å²) >= 11 is 0. The Kier molecular flexibility index (Phi) is 7.81. The first-order valence-corrected chi connectivity index (χ1v) is 10.3. The summed E-state index contributed by atoms with van der Waals surface area (Å²) in [5.74, 6) is -0.357. The molecule has 2 aromatic carbocycles. The Morgan fingerprint density at radius 1 is 1.03 bits per heavy atom. The first kappa shape index (κ1) is 23.5. The van der Waals surface area contributed by atoms with E-state index in [2.05, 4.69) is 13.2 Å². The maximum atomic E-state index is 12.3. The summed E-state index contributed by atoms with van der Waals surface area (Å²) in [5.41, 5.74) is 2.05. The molecule has 7 heteroatoms. The molecule has 0 saturated carbocycles. The zero-order chi connectivity index (χ0) is 23.8. The second-order valence-electron chi connectivity index (χ2n) is 7.34. The van der Waals surface area contributed by atoms with Crippen LogP contribution in [-0.4, -0.2) is 36.5 Å². The van der Waals surface area contributed by atoms with Crippen molar-refractivity contribution in [1.82, 2.24) is 4.90 Å². The topological polar surface area (TPSA) is 86.0 Å². The van der Waals surface area contributed by atoms with Crippen LogP contribution in [0.1, 0.15) is 21.5 Å². The van der Waals surface area contributed by atoms with Crippen molar-refractivity contribution in [3.05, 3.63) is 101 Å². The predicted octanol–water partition coefficient (Wildman–Crippen LogP) is 4.04. The summed E-state index contributed by atoms with van der Waals surface area (Å²) in [6.07, 6.45) is 3.19. The average molecular weight is 447 g/mol. The van der Waals surface area contributed by atoms with Gasteiger partial charge in [-0.15, -0.1) is 13.2 Å². The van der Waals surface area contributed by atoms with Gasteiger partial charge in [-0.25, -0.2) is 9.59 Å². The maximum absolute atomic E-state index is 12.3. The minimum atomic E-state index is -0.590. The molecule has 1 aromatic heterocycles. The third-order valence-corrected chi connectivity index (χ3v) is 4.90. The van der Waals surface area contributed by atoms with Gasteiger partial charge in [0.1, 0.15) is 17.9 Å². The van der Waals surface area contributed by atoms with Crippen molar-refractivity contribution in [2.45, 2.75) is 13.5 Å². The molecule has 7 nitrogen and oxygen atoms in total. The lowest BCUT2D eigenvalue weighted by Crippen LogP contribution is -2.35. The molecule has 0 aliphatic heterocycles. The van der Waals surface area contributed by atoms with Crippen LogP contribution < -0.4 is 10.4 Å². The van der Waals surface area contributed by atoms with Gasteiger partial charge in [0.05, 0.1) is 5.56 Å². The van der Waals surface area contributed by atoms with Gasteiger partial charge >= 0.3 is 11.6 Å². The van der Waals surface area contributed by atoms with Crippen molar-refractivity contribution in [3.63, 3.8) is 0 Å². The zero-order valence-electron chi connectivity index (χ0n) is 18.4. The van der Waals surface area contributed by atoms with Crippen LogP contribution in [0, 0.1) is 6.92 Å². The molecule has 170 valence electrons. The monoisotopic (exact) mass is 447 g/mol. The van der Waals surface area contributed by atoms with Crippen molar-refractivity contribution in [2.75, 3.05) is 19.7 Å². The average Bonchev–Trinajstić information content (AvgIpc) is 2.80. The Morgan fingerprint density at radius 3 is 2.39 bits per heavy atom. The molecule has 1 amide bonds. The highest BCUT2D eigenvalue weighted by Gasteiger charge is 2.15. The SMILES string of the molecule is C=CCN(CC=C)C(=O)COC(=O)c1ccc(COc2ccc3c(C)cc(=O)oc3c2)cc1. The minimum Gasteiger partial charge on any atom is -0.489 e. The number of ether oxygens (including phenoxy) is 2. The number of benzene rings is 2. The van der Waals surface area contributed by atoms with Crippen LogP contribution in [-0.2, 0) is 16.1 Å². The molecule has 1 heterocycles. The van der Waals surface area contributed by atoms with Crippen molar-refractivity contribution in [1.29, 1.82) is 0 Å². The first-order chi connectivity index (χ1) is 15.9. The number of nitrogens with zero attached hydrogens (tertiary/aromatic N) is 1. The molecule has 0 N–H and O–H groups in total.